The van der Waals surface area contributed by atoms with E-state index in [0.29, 0.717) is 41.3 Å². The molecular weight excluding hydrogens is 1360 g/mol. The summed E-state index contributed by atoms with van der Waals surface area (Å²) in [5.74, 6) is -1.22. The van der Waals surface area contributed by atoms with E-state index in [1.807, 2.05) is 72.5 Å². The molecule has 3 amide bonds. The highest BCUT2D eigenvalue weighted by molar-refractivity contribution is 6.31. The zero-order valence-electron chi connectivity index (χ0n) is 57.5. The molecule has 0 radical (unpaired) electrons. The molecule has 6 aliphatic heterocycles. The normalized spacial score (nSPS) is 17.4. The van der Waals surface area contributed by atoms with Crippen LogP contribution in [0.4, 0.5) is 25.8 Å². The zero-order chi connectivity index (χ0) is 71.1. The minimum absolute atomic E-state index is 0.0365. The van der Waals surface area contributed by atoms with Crippen molar-refractivity contribution in [1.29, 1.82) is 0 Å². The van der Waals surface area contributed by atoms with E-state index in [1.165, 1.54) is 52.3 Å². The first-order valence-corrected chi connectivity index (χ1v) is 36.4. The fourth-order valence-electron chi connectivity index (χ4n) is 15.4. The molecule has 102 heavy (non-hydrogen) atoms. The molecule has 0 bridgehead atoms. The van der Waals surface area contributed by atoms with E-state index in [4.69, 9.17) is 46.4 Å². The third-order valence-corrected chi connectivity index (χ3v) is 22.1. The Bertz CT molecular complexity index is 4160. The first-order valence-electron chi connectivity index (χ1n) is 34.9. The number of fused-ring (bicyclic) bond motifs is 6. The Hall–Kier alpha value is -8.70. The molecule has 6 aromatic carbocycles. The molecule has 0 saturated carbocycles. The predicted molar refractivity (Wildman–Crippen MR) is 410 cm³/mol. The smallest absolute Gasteiger partial charge is 0.258 e. The average Bonchev–Trinajstić information content (AvgIpc) is 1.60. The summed E-state index contributed by atoms with van der Waals surface area (Å²) in [5.41, 5.74) is 13.9. The molecule has 6 aliphatic rings. The second kappa shape index (κ2) is 31.5. The Morgan fingerprint density at radius 1 is 0.402 bits per heavy atom. The van der Waals surface area contributed by atoms with E-state index >= 15 is 0 Å². The predicted octanol–water partition coefficient (Wildman–Crippen LogP) is 18.2. The maximum atomic E-state index is 14.3. The molecule has 0 unspecified atom stereocenters. The van der Waals surface area contributed by atoms with E-state index in [0.717, 1.165) is 147 Å². The molecule has 0 N–H and O–H groups in total. The molecule has 3 fully saturated rings. The van der Waals surface area contributed by atoms with Crippen molar-refractivity contribution in [2.24, 2.45) is 0 Å². The summed E-state index contributed by atoms with van der Waals surface area (Å²) in [6, 6.07) is 51.0. The van der Waals surface area contributed by atoms with Crippen molar-refractivity contribution in [3.63, 3.8) is 0 Å². The van der Waals surface area contributed by atoms with Crippen molar-refractivity contribution in [3.05, 3.63) is 299 Å². The summed E-state index contributed by atoms with van der Waals surface area (Å²) in [5, 5.41) is 2.41. The molecule has 0 atom stereocenters. The van der Waals surface area contributed by atoms with Gasteiger partial charge in [-0.25, -0.2) is 14.4 Å². The van der Waals surface area contributed by atoms with Crippen LogP contribution in [0, 0.1) is 32.5 Å². The number of aromatic nitrogens is 3. The number of aryl methyl sites for hydroxylation is 3. The fraction of sp³-hybridized carbons (Fsp3) is 0.286. The fourth-order valence-corrected chi connectivity index (χ4v) is 16.0. The van der Waals surface area contributed by atoms with Crippen molar-refractivity contribution in [1.82, 2.24) is 29.7 Å². The van der Waals surface area contributed by atoms with Gasteiger partial charge in [0.25, 0.3) is 17.7 Å². The Kier molecular flexibility index (Phi) is 22.1. The zero-order valence-corrected chi connectivity index (χ0v) is 60.6. The molecule has 522 valence electrons. The van der Waals surface area contributed by atoms with Crippen LogP contribution in [-0.2, 0) is 16.2 Å². The maximum Gasteiger partial charge on any atom is 0.258 e. The number of likely N-dealkylation sites (tertiary alicyclic amines) is 3. The highest BCUT2D eigenvalue weighted by Crippen LogP contribution is 2.51. The number of amides is 3. The third kappa shape index (κ3) is 16.4. The summed E-state index contributed by atoms with van der Waals surface area (Å²) >= 11 is 24.8. The van der Waals surface area contributed by atoms with Gasteiger partial charge in [0.2, 0.25) is 5.95 Å². The Balaban J connectivity index is 0.000000137. The van der Waals surface area contributed by atoms with Gasteiger partial charge >= 0.3 is 0 Å². The minimum atomic E-state index is -0.656. The van der Waals surface area contributed by atoms with Crippen LogP contribution in [0.3, 0.4) is 0 Å². The standard InChI is InChI=1S/C29H30ClN3O.C28H27ClFN3O.C27H24Cl2FN3O/c1-21-5-7-23(8-6-21)4-3-15-32-16-12-29(13-17-32)20-33(27-10-9-25(30)19-26(27)29)28(34)24-11-14-31-22(2)18-24;1-20-4-6-21(7-5-20)3-2-14-32-15-11-28(12-16-32)19-33(25-9-8-23(30)18-24(25)28)27(34)22-10-13-31-26(29)17-22;28-21-5-3-19(4-6-21)2-1-13-32-14-10-27(11-15-32)18-33(24-8-7-22(29)17-23(24)27)26(34)20-9-12-31-25(30)16-20/h3-11,14,18-19H,12-13,15-17,20H2,1-2H3;2-10,13,17-18H,11-12,14-16,19H2,1H3;1-9,12,16-17H,10-11,13-15,18H2/b4-3+;3-2+;2-1+. The van der Waals surface area contributed by atoms with Gasteiger partial charge in [-0.3, -0.25) is 34.1 Å². The second-order valence-electron chi connectivity index (χ2n) is 27.9. The van der Waals surface area contributed by atoms with E-state index < -0.39 is 5.95 Å². The average molecular weight is 1440 g/mol. The van der Waals surface area contributed by atoms with Gasteiger partial charge in [-0.05, 0) is 229 Å². The van der Waals surface area contributed by atoms with Crippen LogP contribution < -0.4 is 14.7 Å². The summed E-state index contributed by atoms with van der Waals surface area (Å²) < 4.78 is 28.0. The Labute approximate surface area is 616 Å². The number of pyridine rings is 3. The molecule has 3 aromatic heterocycles. The molecule has 15 rings (SSSR count). The second-order valence-corrected chi connectivity index (χ2v) is 29.6. The summed E-state index contributed by atoms with van der Waals surface area (Å²) in [4.78, 5) is 64.8. The van der Waals surface area contributed by atoms with Crippen molar-refractivity contribution in [3.8, 4) is 0 Å². The van der Waals surface area contributed by atoms with Gasteiger partial charge in [0, 0.05) is 135 Å². The highest BCUT2D eigenvalue weighted by Gasteiger charge is 2.49. The number of anilines is 3. The number of hydrogen-bond acceptors (Lipinski definition) is 9. The topological polar surface area (TPSA) is 109 Å². The van der Waals surface area contributed by atoms with Crippen LogP contribution >= 0.6 is 46.4 Å². The van der Waals surface area contributed by atoms with Crippen molar-refractivity contribution in [2.45, 2.75) is 75.5 Å². The van der Waals surface area contributed by atoms with E-state index in [1.54, 1.807) is 52.4 Å². The van der Waals surface area contributed by atoms with E-state index in [2.05, 4.69) is 135 Å². The van der Waals surface area contributed by atoms with Crippen LogP contribution in [0.5, 0.6) is 0 Å². The summed E-state index contributed by atoms with van der Waals surface area (Å²) in [6.45, 7) is 16.3. The van der Waals surface area contributed by atoms with Gasteiger partial charge in [0.15, 0.2) is 0 Å². The van der Waals surface area contributed by atoms with Crippen LogP contribution in [0.15, 0.2) is 201 Å². The van der Waals surface area contributed by atoms with Crippen LogP contribution in [0.2, 0.25) is 20.2 Å². The lowest BCUT2D eigenvalue weighted by Gasteiger charge is -2.39. The maximum absolute atomic E-state index is 14.3. The molecule has 9 heterocycles. The monoisotopic (exact) mass is 1440 g/mol. The van der Waals surface area contributed by atoms with Crippen molar-refractivity contribution in [2.75, 3.05) is 93.2 Å². The van der Waals surface area contributed by atoms with Gasteiger partial charge < -0.3 is 14.7 Å². The molecular formula is C84H81Cl4F2N9O3. The lowest BCUT2D eigenvalue weighted by molar-refractivity contribution is 0.0970. The molecule has 3 saturated heterocycles. The minimum Gasteiger partial charge on any atom is -0.307 e. The summed E-state index contributed by atoms with van der Waals surface area (Å²) in [7, 11) is 0. The highest BCUT2D eigenvalue weighted by atomic mass is 35.5. The number of nitrogens with zero attached hydrogens (tertiary/aromatic N) is 9. The number of piperidine rings is 3. The molecule has 12 nitrogen and oxygen atoms in total. The van der Waals surface area contributed by atoms with Crippen LogP contribution in [0.25, 0.3) is 18.2 Å². The van der Waals surface area contributed by atoms with Gasteiger partial charge in [0.1, 0.15) is 11.0 Å². The number of carbonyl (C=O) groups excluding carboxylic acids is 3. The third-order valence-electron chi connectivity index (χ3n) is 21.2. The van der Waals surface area contributed by atoms with Gasteiger partial charge in [-0.2, -0.15) is 4.39 Å². The molecule has 18 heteroatoms. The molecule has 9 aromatic rings. The van der Waals surface area contributed by atoms with Gasteiger partial charge in [-0.15, -0.1) is 0 Å². The van der Waals surface area contributed by atoms with Crippen LogP contribution in [-0.4, -0.2) is 126 Å². The van der Waals surface area contributed by atoms with E-state index in [-0.39, 0.29) is 44.9 Å². The Morgan fingerprint density at radius 2 is 0.755 bits per heavy atom. The van der Waals surface area contributed by atoms with Gasteiger partial charge in [-0.1, -0.05) is 155 Å². The van der Waals surface area contributed by atoms with Gasteiger partial charge in [0.05, 0.1) is 0 Å². The first kappa shape index (κ1) is 71.7. The largest absolute Gasteiger partial charge is 0.307 e. The molecule has 0 aliphatic carbocycles. The number of benzene rings is 6. The van der Waals surface area contributed by atoms with Crippen molar-refractivity contribution < 1.29 is 23.2 Å². The quantitative estimate of drug-likeness (QED) is 0.110. The number of rotatable bonds is 12. The molecule has 3 spiro atoms. The van der Waals surface area contributed by atoms with E-state index in [9.17, 15) is 23.2 Å². The van der Waals surface area contributed by atoms with Crippen LogP contribution in [0.1, 0.15) is 120 Å². The number of carbonyl (C=O) groups is 3. The SMILES string of the molecule is Cc1ccc(/C=C/CN2CCC3(CC2)CN(C(=O)c2ccnc(C)c2)c2ccc(Cl)cc23)cc1.Cc1ccc(/C=C/CN2CCC3(CC2)CN(C(=O)c2ccnc(Cl)c2)c2ccc(F)cc23)cc1.O=C(c1ccnc(F)c1)N1CC2(CCN(C/C=C/c3ccc(Cl)cc3)CC2)c2cc(Cl)ccc21. The summed E-state index contributed by atoms with van der Waals surface area (Å²) in [6.07, 6.45) is 23.3. The Morgan fingerprint density at radius 3 is 1.16 bits per heavy atom. The number of halogens is 6. The number of hydrogen-bond donors (Lipinski definition) is 0. The lowest BCUT2D eigenvalue weighted by Crippen LogP contribution is -2.46. The lowest BCUT2D eigenvalue weighted by atomic mass is 9.74. The van der Waals surface area contributed by atoms with Crippen molar-refractivity contribution >= 4 is 99.4 Å². The first-order chi connectivity index (χ1) is 49.3.